The van der Waals surface area contributed by atoms with Gasteiger partial charge in [-0.25, -0.2) is 4.79 Å². The number of benzene rings is 1. The van der Waals surface area contributed by atoms with Crippen molar-refractivity contribution in [2.75, 3.05) is 18.5 Å². The number of hydrogen-bond acceptors (Lipinski definition) is 3. The van der Waals surface area contributed by atoms with Crippen LogP contribution < -0.4 is 5.32 Å². The van der Waals surface area contributed by atoms with Gasteiger partial charge in [0.15, 0.2) is 0 Å². The van der Waals surface area contributed by atoms with Gasteiger partial charge in [-0.05, 0) is 31.4 Å². The van der Waals surface area contributed by atoms with Crippen LogP contribution in [0.25, 0.3) is 0 Å². The fourth-order valence-corrected chi connectivity index (χ4v) is 2.08. The van der Waals surface area contributed by atoms with Gasteiger partial charge in [-0.1, -0.05) is 12.1 Å². The highest BCUT2D eigenvalue weighted by atomic mass is 16.5. The molecule has 0 atom stereocenters. The van der Waals surface area contributed by atoms with Crippen molar-refractivity contribution in [2.45, 2.75) is 25.8 Å². The van der Waals surface area contributed by atoms with Crippen LogP contribution in [-0.4, -0.2) is 30.3 Å². The molecule has 0 saturated carbocycles. The normalized spacial score (nSPS) is 16.8. The van der Waals surface area contributed by atoms with Gasteiger partial charge in [-0.15, -0.1) is 0 Å². The predicted molar refractivity (Wildman–Crippen MR) is 65.6 cm³/mol. The van der Waals surface area contributed by atoms with Crippen molar-refractivity contribution in [3.63, 3.8) is 0 Å². The van der Waals surface area contributed by atoms with E-state index in [-0.39, 0.29) is 0 Å². The molecule has 0 amide bonds. The van der Waals surface area contributed by atoms with E-state index >= 15 is 0 Å². The third-order valence-corrected chi connectivity index (χ3v) is 3.07. The number of hydrogen-bond donors (Lipinski definition) is 2. The van der Waals surface area contributed by atoms with Crippen molar-refractivity contribution in [1.29, 1.82) is 0 Å². The van der Waals surface area contributed by atoms with Crippen LogP contribution in [0.4, 0.5) is 5.69 Å². The molecule has 0 bridgehead atoms. The minimum atomic E-state index is -0.886. The Morgan fingerprint density at radius 2 is 2.12 bits per heavy atom. The highest BCUT2D eigenvalue weighted by Crippen LogP contribution is 2.23. The summed E-state index contributed by atoms with van der Waals surface area (Å²) in [5.41, 5.74) is 2.06. The summed E-state index contributed by atoms with van der Waals surface area (Å²) in [7, 11) is 0. The molecule has 4 nitrogen and oxygen atoms in total. The van der Waals surface area contributed by atoms with E-state index in [1.54, 1.807) is 12.1 Å². The van der Waals surface area contributed by atoms with Crippen molar-refractivity contribution in [3.8, 4) is 0 Å². The second kappa shape index (κ2) is 5.19. The van der Waals surface area contributed by atoms with Crippen LogP contribution in [0.1, 0.15) is 28.8 Å². The molecule has 1 aromatic rings. The van der Waals surface area contributed by atoms with Gasteiger partial charge in [0.05, 0.1) is 11.3 Å². The fourth-order valence-electron chi connectivity index (χ4n) is 2.08. The van der Waals surface area contributed by atoms with Crippen molar-refractivity contribution in [3.05, 3.63) is 29.3 Å². The monoisotopic (exact) mass is 235 g/mol. The Balaban J connectivity index is 2.21. The summed E-state index contributed by atoms with van der Waals surface area (Å²) in [6.45, 7) is 3.41. The first-order valence-electron chi connectivity index (χ1n) is 5.85. The molecule has 1 heterocycles. The molecule has 1 aromatic carbocycles. The maximum Gasteiger partial charge on any atom is 0.337 e. The number of carboxylic acids is 1. The van der Waals surface area contributed by atoms with Crippen LogP contribution in [0.5, 0.6) is 0 Å². The Bertz CT molecular complexity index is 411. The lowest BCUT2D eigenvalue weighted by molar-refractivity contribution is 0.0697. The molecule has 17 heavy (non-hydrogen) atoms. The molecule has 1 aliphatic heterocycles. The smallest absolute Gasteiger partial charge is 0.337 e. The van der Waals surface area contributed by atoms with E-state index in [4.69, 9.17) is 9.84 Å². The highest BCUT2D eigenvalue weighted by Gasteiger charge is 2.18. The largest absolute Gasteiger partial charge is 0.478 e. The zero-order valence-corrected chi connectivity index (χ0v) is 9.90. The summed E-state index contributed by atoms with van der Waals surface area (Å²) in [5, 5.41) is 12.5. The number of para-hydroxylation sites is 1. The summed E-state index contributed by atoms with van der Waals surface area (Å²) < 4.78 is 5.29. The summed E-state index contributed by atoms with van der Waals surface area (Å²) >= 11 is 0. The quantitative estimate of drug-likeness (QED) is 0.843. The fraction of sp³-hybridized carbons (Fsp3) is 0.462. The molecular weight excluding hydrogens is 218 g/mol. The average Bonchev–Trinajstić information content (AvgIpc) is 2.33. The molecule has 0 aliphatic carbocycles. The molecule has 1 fully saturated rings. The van der Waals surface area contributed by atoms with Crippen molar-refractivity contribution in [1.82, 2.24) is 0 Å². The summed E-state index contributed by atoms with van der Waals surface area (Å²) in [5.74, 6) is -0.886. The Morgan fingerprint density at radius 3 is 2.76 bits per heavy atom. The molecule has 4 heteroatoms. The minimum Gasteiger partial charge on any atom is -0.478 e. The number of anilines is 1. The maximum atomic E-state index is 11.2. The average molecular weight is 235 g/mol. The molecular formula is C13H17NO3. The molecule has 2 N–H and O–H groups in total. The summed E-state index contributed by atoms with van der Waals surface area (Å²) in [6, 6.07) is 5.64. The number of rotatable bonds is 3. The highest BCUT2D eigenvalue weighted by molar-refractivity contribution is 5.95. The van der Waals surface area contributed by atoms with E-state index in [2.05, 4.69) is 5.32 Å². The third kappa shape index (κ3) is 2.77. The number of carboxylic acid groups (broad SMARTS) is 1. The van der Waals surface area contributed by atoms with E-state index in [1.165, 1.54) is 0 Å². The molecule has 1 aliphatic rings. The second-order valence-corrected chi connectivity index (χ2v) is 4.33. The predicted octanol–water partition coefficient (Wildman–Crippen LogP) is 2.28. The van der Waals surface area contributed by atoms with Crippen LogP contribution in [-0.2, 0) is 4.74 Å². The maximum absolute atomic E-state index is 11.2. The standard InChI is InChI=1S/C13H17NO3/c1-9-3-2-4-11(13(15)16)12(9)14-10-5-7-17-8-6-10/h2-4,10,14H,5-8H2,1H3,(H,15,16). The van der Waals surface area contributed by atoms with E-state index < -0.39 is 5.97 Å². The van der Waals surface area contributed by atoms with Crippen LogP contribution in [0.2, 0.25) is 0 Å². The van der Waals surface area contributed by atoms with E-state index in [9.17, 15) is 4.79 Å². The first-order valence-corrected chi connectivity index (χ1v) is 5.85. The molecule has 0 radical (unpaired) electrons. The second-order valence-electron chi connectivity index (χ2n) is 4.33. The molecule has 1 saturated heterocycles. The molecule has 0 unspecified atom stereocenters. The first kappa shape index (κ1) is 11.9. The van der Waals surface area contributed by atoms with Gasteiger partial charge >= 0.3 is 5.97 Å². The van der Waals surface area contributed by atoms with Gasteiger partial charge in [0.25, 0.3) is 0 Å². The van der Waals surface area contributed by atoms with Gasteiger partial charge in [-0.3, -0.25) is 0 Å². The number of carbonyl (C=O) groups is 1. The van der Waals surface area contributed by atoms with Gasteiger partial charge in [0.1, 0.15) is 0 Å². The van der Waals surface area contributed by atoms with Crippen molar-refractivity contribution in [2.24, 2.45) is 0 Å². The van der Waals surface area contributed by atoms with Crippen LogP contribution >= 0.6 is 0 Å². The summed E-state index contributed by atoms with van der Waals surface area (Å²) in [6.07, 6.45) is 1.85. The van der Waals surface area contributed by atoms with Gasteiger partial charge in [0, 0.05) is 19.3 Å². The van der Waals surface area contributed by atoms with Gasteiger partial charge in [0.2, 0.25) is 0 Å². The summed E-state index contributed by atoms with van der Waals surface area (Å²) in [4.78, 5) is 11.2. The Hall–Kier alpha value is -1.55. The van der Waals surface area contributed by atoms with Crippen LogP contribution in [0, 0.1) is 6.92 Å². The van der Waals surface area contributed by atoms with Crippen molar-refractivity contribution >= 4 is 11.7 Å². The molecule has 92 valence electrons. The van der Waals surface area contributed by atoms with Crippen LogP contribution in [0.15, 0.2) is 18.2 Å². The Morgan fingerprint density at radius 1 is 1.41 bits per heavy atom. The zero-order chi connectivity index (χ0) is 12.3. The minimum absolute atomic E-state index is 0.308. The van der Waals surface area contributed by atoms with Crippen molar-refractivity contribution < 1.29 is 14.6 Å². The van der Waals surface area contributed by atoms with E-state index in [1.807, 2.05) is 13.0 Å². The zero-order valence-electron chi connectivity index (χ0n) is 9.90. The lowest BCUT2D eigenvalue weighted by Gasteiger charge is -2.25. The number of ether oxygens (including phenoxy) is 1. The Labute approximate surface area is 101 Å². The van der Waals surface area contributed by atoms with Gasteiger partial charge in [-0.2, -0.15) is 0 Å². The number of aromatic carboxylic acids is 1. The van der Waals surface area contributed by atoms with Crippen LogP contribution in [0.3, 0.4) is 0 Å². The SMILES string of the molecule is Cc1cccc(C(=O)O)c1NC1CCOCC1. The van der Waals surface area contributed by atoms with E-state index in [0.717, 1.165) is 37.3 Å². The topological polar surface area (TPSA) is 58.6 Å². The molecule has 2 rings (SSSR count). The third-order valence-electron chi connectivity index (χ3n) is 3.07. The first-order chi connectivity index (χ1) is 8.18. The van der Waals surface area contributed by atoms with E-state index in [0.29, 0.717) is 11.6 Å². The lowest BCUT2D eigenvalue weighted by Crippen LogP contribution is -2.29. The Kier molecular flexibility index (Phi) is 3.64. The number of aryl methyl sites for hydroxylation is 1. The molecule has 0 aromatic heterocycles. The molecule has 0 spiro atoms. The lowest BCUT2D eigenvalue weighted by atomic mass is 10.0. The van der Waals surface area contributed by atoms with Gasteiger partial charge < -0.3 is 15.2 Å². The number of nitrogens with one attached hydrogen (secondary N) is 1.